The zero-order valence-electron chi connectivity index (χ0n) is 7.30. The largest absolute Gasteiger partial charge is 0.317 e. The summed E-state index contributed by atoms with van der Waals surface area (Å²) in [5, 5.41) is 4.06. The van der Waals surface area contributed by atoms with Crippen LogP contribution in [-0.2, 0) is 10.8 Å². The third-order valence-corrected chi connectivity index (χ3v) is 4.14. The van der Waals surface area contributed by atoms with E-state index in [0.29, 0.717) is 10.5 Å². The lowest BCUT2D eigenvalue weighted by Crippen LogP contribution is -2.35. The lowest BCUT2D eigenvalue weighted by molar-refractivity contribution is 0.517. The first kappa shape index (κ1) is 9.20. The van der Waals surface area contributed by atoms with Gasteiger partial charge in [0.1, 0.15) is 0 Å². The van der Waals surface area contributed by atoms with Crippen LogP contribution in [0.5, 0.6) is 0 Å². The highest BCUT2D eigenvalue weighted by atomic mass is 32.2. The molecule has 0 unspecified atom stereocenters. The normalized spacial score (nSPS) is 23.9. The number of piperidine rings is 1. The maximum absolute atomic E-state index is 11.6. The highest BCUT2D eigenvalue weighted by molar-refractivity contribution is 7.86. The van der Waals surface area contributed by atoms with Crippen molar-refractivity contribution in [1.29, 1.82) is 0 Å². The van der Waals surface area contributed by atoms with Crippen molar-refractivity contribution in [3.8, 4) is 0 Å². The molecule has 1 N–H and O–H groups in total. The molecule has 1 aliphatic rings. The smallest absolute Gasteiger partial charge is 0.0374 e. The Labute approximate surface area is 71.2 Å². The Morgan fingerprint density at radius 3 is 2.36 bits per heavy atom. The third kappa shape index (κ3) is 2.56. The second-order valence-corrected chi connectivity index (χ2v) is 5.59. The summed E-state index contributed by atoms with van der Waals surface area (Å²) < 4.78 is 11.6. The molecule has 0 bridgehead atoms. The summed E-state index contributed by atoms with van der Waals surface area (Å²) in [5.41, 5.74) is 0. The summed E-state index contributed by atoms with van der Waals surface area (Å²) in [7, 11) is -0.598. The number of rotatable bonds is 2. The van der Waals surface area contributed by atoms with Crippen molar-refractivity contribution in [1.82, 2.24) is 5.32 Å². The van der Waals surface area contributed by atoms with Gasteiger partial charge < -0.3 is 5.32 Å². The first-order valence-corrected chi connectivity index (χ1v) is 5.59. The maximum atomic E-state index is 11.6. The summed E-state index contributed by atoms with van der Waals surface area (Å²) in [6.45, 7) is 6.17. The average Bonchev–Trinajstić information content (AvgIpc) is 2.05. The van der Waals surface area contributed by atoms with Gasteiger partial charge in [-0.3, -0.25) is 4.21 Å². The van der Waals surface area contributed by atoms with Crippen molar-refractivity contribution >= 4 is 10.8 Å². The van der Waals surface area contributed by atoms with E-state index in [1.54, 1.807) is 0 Å². The maximum Gasteiger partial charge on any atom is 0.0374 e. The van der Waals surface area contributed by atoms with E-state index in [1.807, 2.05) is 13.8 Å². The van der Waals surface area contributed by atoms with Gasteiger partial charge in [0.15, 0.2) is 0 Å². The lowest BCUT2D eigenvalue weighted by Gasteiger charge is -2.23. The molecule has 0 radical (unpaired) electrons. The van der Waals surface area contributed by atoms with Gasteiger partial charge >= 0.3 is 0 Å². The Kier molecular flexibility index (Phi) is 3.52. The molecule has 1 rings (SSSR count). The van der Waals surface area contributed by atoms with E-state index < -0.39 is 10.8 Å². The Balaban J connectivity index is 2.39. The van der Waals surface area contributed by atoms with Gasteiger partial charge in [0.25, 0.3) is 0 Å². The molecular weight excluding hydrogens is 158 g/mol. The Bertz CT molecular complexity index is 141. The first-order valence-electron chi connectivity index (χ1n) is 4.32. The van der Waals surface area contributed by atoms with Crippen LogP contribution in [0.15, 0.2) is 0 Å². The van der Waals surface area contributed by atoms with Crippen LogP contribution in [0.25, 0.3) is 0 Å². The summed E-state index contributed by atoms with van der Waals surface area (Å²) in [5.74, 6) is 0. The number of nitrogens with one attached hydrogen (secondary N) is 1. The van der Waals surface area contributed by atoms with Gasteiger partial charge in [-0.15, -0.1) is 0 Å². The van der Waals surface area contributed by atoms with Crippen molar-refractivity contribution in [3.05, 3.63) is 0 Å². The predicted molar refractivity (Wildman–Crippen MR) is 49.2 cm³/mol. The van der Waals surface area contributed by atoms with Gasteiger partial charge in [-0.1, -0.05) is 13.8 Å². The van der Waals surface area contributed by atoms with E-state index in [-0.39, 0.29) is 0 Å². The van der Waals surface area contributed by atoms with Crippen molar-refractivity contribution in [2.75, 3.05) is 13.1 Å². The summed E-state index contributed by atoms with van der Waals surface area (Å²) in [4.78, 5) is 0. The van der Waals surface area contributed by atoms with Crippen molar-refractivity contribution in [3.63, 3.8) is 0 Å². The van der Waals surface area contributed by atoms with E-state index in [9.17, 15) is 4.21 Å². The molecule has 0 aromatic heterocycles. The predicted octanol–water partition coefficient (Wildman–Crippen LogP) is 0.895. The molecule has 0 saturated carbocycles. The minimum atomic E-state index is -0.598. The highest BCUT2D eigenvalue weighted by Crippen LogP contribution is 2.13. The third-order valence-electron chi connectivity index (χ3n) is 2.08. The van der Waals surface area contributed by atoms with E-state index >= 15 is 0 Å². The Hall–Kier alpha value is 0.110. The quantitative estimate of drug-likeness (QED) is 0.675. The molecule has 1 fully saturated rings. The van der Waals surface area contributed by atoms with Crippen molar-refractivity contribution in [2.24, 2.45) is 0 Å². The molecule has 1 heterocycles. The summed E-state index contributed by atoms with van der Waals surface area (Å²) in [6.07, 6.45) is 2.18. The molecule has 66 valence electrons. The average molecular weight is 175 g/mol. The van der Waals surface area contributed by atoms with Crippen LogP contribution in [0.3, 0.4) is 0 Å². The second kappa shape index (κ2) is 4.21. The fraction of sp³-hybridized carbons (Fsp3) is 1.00. The van der Waals surface area contributed by atoms with Gasteiger partial charge in [-0.2, -0.15) is 0 Å². The SMILES string of the molecule is CC(C)[S@](=O)C1CCNCC1. The van der Waals surface area contributed by atoms with Gasteiger partial charge in [0, 0.05) is 21.3 Å². The van der Waals surface area contributed by atoms with Crippen LogP contribution in [-0.4, -0.2) is 27.8 Å². The van der Waals surface area contributed by atoms with Crippen LogP contribution in [0, 0.1) is 0 Å². The number of hydrogen-bond donors (Lipinski definition) is 1. The molecule has 0 amide bonds. The van der Waals surface area contributed by atoms with E-state index in [4.69, 9.17) is 0 Å². The van der Waals surface area contributed by atoms with Gasteiger partial charge in [-0.05, 0) is 25.9 Å². The number of hydrogen-bond acceptors (Lipinski definition) is 2. The van der Waals surface area contributed by atoms with E-state index in [0.717, 1.165) is 25.9 Å². The molecule has 0 aromatic carbocycles. The Morgan fingerprint density at radius 1 is 1.36 bits per heavy atom. The molecule has 2 nitrogen and oxygen atoms in total. The molecular formula is C8H17NOS. The Morgan fingerprint density at radius 2 is 1.91 bits per heavy atom. The van der Waals surface area contributed by atoms with Crippen molar-refractivity contribution < 1.29 is 4.21 Å². The molecule has 1 atom stereocenters. The monoisotopic (exact) mass is 175 g/mol. The summed E-state index contributed by atoms with van der Waals surface area (Å²) >= 11 is 0. The summed E-state index contributed by atoms with van der Waals surface area (Å²) in [6, 6.07) is 0. The van der Waals surface area contributed by atoms with Gasteiger partial charge in [0.2, 0.25) is 0 Å². The zero-order chi connectivity index (χ0) is 8.27. The van der Waals surface area contributed by atoms with Crippen LogP contribution >= 0.6 is 0 Å². The second-order valence-electron chi connectivity index (χ2n) is 3.33. The van der Waals surface area contributed by atoms with Crippen LogP contribution < -0.4 is 5.32 Å². The fourth-order valence-electron chi connectivity index (χ4n) is 1.41. The standard InChI is InChI=1S/C8H17NOS/c1-7(2)11(10)8-3-5-9-6-4-8/h7-9H,3-6H2,1-2H3/t11-/m0/s1. The van der Waals surface area contributed by atoms with Crippen LogP contribution in [0.1, 0.15) is 26.7 Å². The fourth-order valence-corrected chi connectivity index (χ4v) is 2.88. The molecule has 3 heteroatoms. The topological polar surface area (TPSA) is 29.1 Å². The molecule has 1 aliphatic heterocycles. The van der Waals surface area contributed by atoms with Crippen LogP contribution in [0.4, 0.5) is 0 Å². The minimum absolute atomic E-state index is 0.332. The molecule has 0 aliphatic carbocycles. The van der Waals surface area contributed by atoms with Gasteiger partial charge in [0.05, 0.1) is 0 Å². The molecule has 0 aromatic rings. The minimum Gasteiger partial charge on any atom is -0.317 e. The van der Waals surface area contributed by atoms with Crippen molar-refractivity contribution in [2.45, 2.75) is 37.2 Å². The molecule has 1 saturated heterocycles. The van der Waals surface area contributed by atoms with Crippen LogP contribution in [0.2, 0.25) is 0 Å². The highest BCUT2D eigenvalue weighted by Gasteiger charge is 2.21. The zero-order valence-corrected chi connectivity index (χ0v) is 8.12. The van der Waals surface area contributed by atoms with E-state index in [2.05, 4.69) is 5.32 Å². The van der Waals surface area contributed by atoms with E-state index in [1.165, 1.54) is 0 Å². The van der Waals surface area contributed by atoms with Gasteiger partial charge in [-0.25, -0.2) is 0 Å². The molecule has 11 heavy (non-hydrogen) atoms. The molecule has 0 spiro atoms. The first-order chi connectivity index (χ1) is 5.22. The lowest BCUT2D eigenvalue weighted by atomic mass is 10.2.